The van der Waals surface area contributed by atoms with Crippen LogP contribution in [-0.4, -0.2) is 27.5 Å². The second kappa shape index (κ2) is 6.66. The van der Waals surface area contributed by atoms with Crippen LogP contribution in [0.5, 0.6) is 5.75 Å². The van der Waals surface area contributed by atoms with Crippen molar-refractivity contribution in [1.82, 2.24) is 5.32 Å². The lowest BCUT2D eigenvalue weighted by atomic mass is 10.0. The SMILES string of the molecule is CNC(=O)C(C)Oc1cc(C)c(S(=O)(=O)Cl)cc1C(C)C. The lowest BCUT2D eigenvalue weighted by Gasteiger charge is -2.20. The van der Waals surface area contributed by atoms with Crippen molar-refractivity contribution < 1.29 is 17.9 Å². The van der Waals surface area contributed by atoms with Gasteiger partial charge in [-0.3, -0.25) is 4.79 Å². The number of carbonyl (C=O) groups is 1. The summed E-state index contributed by atoms with van der Waals surface area (Å²) in [4.78, 5) is 11.6. The van der Waals surface area contributed by atoms with Crippen molar-refractivity contribution in [3.8, 4) is 5.75 Å². The molecule has 0 aromatic heterocycles. The van der Waals surface area contributed by atoms with Gasteiger partial charge in [-0.15, -0.1) is 0 Å². The number of amides is 1. The zero-order valence-corrected chi connectivity index (χ0v) is 14.3. The standard InChI is InChI=1S/C14H20ClNO4S/c1-8(2)11-7-13(21(15,18)19)9(3)6-12(11)20-10(4)14(17)16-5/h6-8,10H,1-5H3,(H,16,17). The van der Waals surface area contributed by atoms with E-state index in [1.54, 1.807) is 19.9 Å². The van der Waals surface area contributed by atoms with E-state index < -0.39 is 15.2 Å². The van der Waals surface area contributed by atoms with Gasteiger partial charge in [0.25, 0.3) is 15.0 Å². The molecule has 0 aliphatic heterocycles. The molecule has 0 heterocycles. The number of nitrogens with one attached hydrogen (secondary N) is 1. The molecule has 0 fully saturated rings. The number of ether oxygens (including phenoxy) is 1. The summed E-state index contributed by atoms with van der Waals surface area (Å²) in [7, 11) is 3.15. The highest BCUT2D eigenvalue weighted by Crippen LogP contribution is 2.33. The van der Waals surface area contributed by atoms with Crippen molar-refractivity contribution in [3.63, 3.8) is 0 Å². The number of hydrogen-bond acceptors (Lipinski definition) is 4. The molecule has 0 saturated carbocycles. The van der Waals surface area contributed by atoms with E-state index in [2.05, 4.69) is 5.32 Å². The molecular weight excluding hydrogens is 314 g/mol. The number of likely N-dealkylation sites (N-methyl/N-ethyl adjacent to an activating group) is 1. The maximum absolute atomic E-state index is 11.6. The maximum atomic E-state index is 11.6. The molecule has 7 heteroatoms. The normalized spacial score (nSPS) is 13.1. The summed E-state index contributed by atoms with van der Waals surface area (Å²) in [6.07, 6.45) is -0.676. The minimum absolute atomic E-state index is 0.0228. The zero-order chi connectivity index (χ0) is 16.4. The topological polar surface area (TPSA) is 72.5 Å². The van der Waals surface area contributed by atoms with Crippen molar-refractivity contribution in [2.75, 3.05) is 7.05 Å². The number of halogens is 1. The Morgan fingerprint density at radius 2 is 1.86 bits per heavy atom. The first-order valence-electron chi connectivity index (χ1n) is 6.55. The average molecular weight is 334 g/mol. The molecule has 0 saturated heterocycles. The van der Waals surface area contributed by atoms with Crippen LogP contribution in [0.25, 0.3) is 0 Å². The third-order valence-corrected chi connectivity index (χ3v) is 4.58. The van der Waals surface area contributed by atoms with Crippen molar-refractivity contribution >= 4 is 25.6 Å². The quantitative estimate of drug-likeness (QED) is 0.840. The van der Waals surface area contributed by atoms with Crippen molar-refractivity contribution in [2.24, 2.45) is 0 Å². The van der Waals surface area contributed by atoms with E-state index in [1.165, 1.54) is 13.1 Å². The first-order chi connectivity index (χ1) is 9.57. The summed E-state index contributed by atoms with van der Waals surface area (Å²) in [6, 6.07) is 3.11. The number of benzene rings is 1. The molecule has 1 atom stereocenters. The number of hydrogen-bond donors (Lipinski definition) is 1. The maximum Gasteiger partial charge on any atom is 0.261 e. The molecule has 5 nitrogen and oxygen atoms in total. The summed E-state index contributed by atoms with van der Waals surface area (Å²) in [5, 5.41) is 2.50. The summed E-state index contributed by atoms with van der Waals surface area (Å²) < 4.78 is 28.8. The lowest BCUT2D eigenvalue weighted by Crippen LogP contribution is -2.34. The summed E-state index contributed by atoms with van der Waals surface area (Å²) in [5.41, 5.74) is 1.17. The highest BCUT2D eigenvalue weighted by atomic mass is 35.7. The highest BCUT2D eigenvalue weighted by molar-refractivity contribution is 8.13. The summed E-state index contributed by atoms with van der Waals surface area (Å²) >= 11 is 0. The van der Waals surface area contributed by atoms with Crippen LogP contribution in [0, 0.1) is 6.92 Å². The Kier molecular flexibility index (Phi) is 5.64. The molecule has 1 rings (SSSR count). The van der Waals surface area contributed by atoms with Crippen LogP contribution >= 0.6 is 10.7 Å². The Bertz CT molecular complexity index is 641. The monoisotopic (exact) mass is 333 g/mol. The van der Waals surface area contributed by atoms with E-state index in [4.69, 9.17) is 15.4 Å². The predicted molar refractivity (Wildman–Crippen MR) is 82.5 cm³/mol. The van der Waals surface area contributed by atoms with E-state index in [0.29, 0.717) is 16.9 Å². The van der Waals surface area contributed by atoms with Gasteiger partial charge in [-0.25, -0.2) is 8.42 Å². The van der Waals surface area contributed by atoms with E-state index in [9.17, 15) is 13.2 Å². The number of aryl methyl sites for hydroxylation is 1. The first kappa shape index (κ1) is 17.8. The van der Waals surface area contributed by atoms with Crippen LogP contribution < -0.4 is 10.1 Å². The molecule has 21 heavy (non-hydrogen) atoms. The Labute approximate surface area is 130 Å². The molecule has 1 N–H and O–H groups in total. The molecule has 1 unspecified atom stereocenters. The van der Waals surface area contributed by atoms with Crippen LogP contribution in [0.1, 0.15) is 37.8 Å². The fourth-order valence-corrected chi connectivity index (χ4v) is 3.15. The molecule has 0 aliphatic rings. The third-order valence-electron chi connectivity index (χ3n) is 3.11. The van der Waals surface area contributed by atoms with Crippen LogP contribution in [0.4, 0.5) is 0 Å². The molecule has 0 bridgehead atoms. The molecule has 0 spiro atoms. The minimum atomic E-state index is -3.82. The average Bonchev–Trinajstić information content (AvgIpc) is 2.35. The molecule has 0 aliphatic carbocycles. The fraction of sp³-hybridized carbons (Fsp3) is 0.500. The van der Waals surface area contributed by atoms with Gasteiger partial charge in [0.1, 0.15) is 5.75 Å². The van der Waals surface area contributed by atoms with Gasteiger partial charge < -0.3 is 10.1 Å². The zero-order valence-electron chi connectivity index (χ0n) is 12.7. The smallest absolute Gasteiger partial charge is 0.261 e. The molecule has 118 valence electrons. The first-order valence-corrected chi connectivity index (χ1v) is 8.86. The largest absolute Gasteiger partial charge is 0.481 e. The van der Waals surface area contributed by atoms with E-state index in [1.807, 2.05) is 13.8 Å². The minimum Gasteiger partial charge on any atom is -0.481 e. The van der Waals surface area contributed by atoms with E-state index in [0.717, 1.165) is 0 Å². The Morgan fingerprint density at radius 3 is 2.29 bits per heavy atom. The highest BCUT2D eigenvalue weighted by Gasteiger charge is 2.21. The van der Waals surface area contributed by atoms with E-state index in [-0.39, 0.29) is 16.7 Å². The molecule has 0 radical (unpaired) electrons. The molecule has 1 aromatic rings. The van der Waals surface area contributed by atoms with Gasteiger partial charge in [0, 0.05) is 17.7 Å². The molecule has 1 aromatic carbocycles. The predicted octanol–water partition coefficient (Wildman–Crippen LogP) is 2.56. The second-order valence-electron chi connectivity index (χ2n) is 5.12. The van der Waals surface area contributed by atoms with Gasteiger partial charge in [0.15, 0.2) is 6.10 Å². The van der Waals surface area contributed by atoms with Gasteiger partial charge in [-0.05, 0) is 43.0 Å². The van der Waals surface area contributed by atoms with Crippen molar-refractivity contribution in [2.45, 2.75) is 44.6 Å². The number of rotatable bonds is 5. The fourth-order valence-electron chi connectivity index (χ4n) is 1.94. The number of carbonyl (C=O) groups excluding carboxylic acids is 1. The van der Waals surface area contributed by atoms with Gasteiger partial charge in [-0.1, -0.05) is 13.8 Å². The second-order valence-corrected chi connectivity index (χ2v) is 7.66. The lowest BCUT2D eigenvalue weighted by molar-refractivity contribution is -0.126. The van der Waals surface area contributed by atoms with Crippen LogP contribution in [-0.2, 0) is 13.8 Å². The van der Waals surface area contributed by atoms with Crippen molar-refractivity contribution in [3.05, 3.63) is 23.3 Å². The van der Waals surface area contributed by atoms with Gasteiger partial charge in [0.2, 0.25) is 0 Å². The van der Waals surface area contributed by atoms with Crippen molar-refractivity contribution in [1.29, 1.82) is 0 Å². The van der Waals surface area contributed by atoms with Gasteiger partial charge >= 0.3 is 0 Å². The Balaban J connectivity index is 3.33. The van der Waals surface area contributed by atoms with E-state index >= 15 is 0 Å². The summed E-state index contributed by atoms with van der Waals surface area (Å²) in [6.45, 7) is 7.08. The molecular formula is C14H20ClNO4S. The Hall–Kier alpha value is -1.27. The van der Waals surface area contributed by atoms with Crippen LogP contribution in [0.3, 0.4) is 0 Å². The van der Waals surface area contributed by atoms with Gasteiger partial charge in [0.05, 0.1) is 4.90 Å². The van der Waals surface area contributed by atoms with Crippen LogP contribution in [0.15, 0.2) is 17.0 Å². The van der Waals surface area contributed by atoms with Gasteiger partial charge in [-0.2, -0.15) is 0 Å². The Morgan fingerprint density at radius 1 is 1.29 bits per heavy atom. The van der Waals surface area contributed by atoms with Crippen LogP contribution in [0.2, 0.25) is 0 Å². The molecule has 1 amide bonds. The third kappa shape index (κ3) is 4.35. The summed E-state index contributed by atoms with van der Waals surface area (Å²) in [5.74, 6) is 0.258.